The zero-order chi connectivity index (χ0) is 13.7. The molecule has 2 aromatic heterocycles. The fourth-order valence-electron chi connectivity index (χ4n) is 1.54. The first kappa shape index (κ1) is 13.0. The van der Waals surface area contributed by atoms with Crippen molar-refractivity contribution in [3.8, 4) is 11.6 Å². The van der Waals surface area contributed by atoms with Gasteiger partial charge in [0, 0.05) is 6.07 Å². The summed E-state index contributed by atoms with van der Waals surface area (Å²) >= 11 is 0. The van der Waals surface area contributed by atoms with E-state index >= 15 is 0 Å². The molecule has 3 rings (SSSR count). The van der Waals surface area contributed by atoms with E-state index in [1.807, 2.05) is 57.2 Å². The maximum atomic E-state index is 5.62. The van der Waals surface area contributed by atoms with Gasteiger partial charge in [-0.15, -0.1) is 15.3 Å². The Kier molecular flexibility index (Phi) is 4.07. The zero-order valence-electron chi connectivity index (χ0n) is 11.2. The van der Waals surface area contributed by atoms with Crippen LogP contribution in [-0.4, -0.2) is 19.8 Å². The summed E-state index contributed by atoms with van der Waals surface area (Å²) in [5.74, 6) is 2.01. The van der Waals surface area contributed by atoms with Gasteiger partial charge in [-0.3, -0.25) is 0 Å². The monoisotopic (exact) mass is 256 g/mol. The Bertz CT molecular complexity index is 649. The number of nitrogens with zero attached hydrogens (tertiary/aromatic N) is 4. The molecule has 0 amide bonds. The number of aryl methyl sites for hydroxylation is 1. The Morgan fingerprint density at radius 3 is 2.42 bits per heavy atom. The summed E-state index contributed by atoms with van der Waals surface area (Å²) in [5, 5.41) is 12.2. The van der Waals surface area contributed by atoms with E-state index < -0.39 is 0 Å². The minimum Gasteiger partial charge on any atom is -0.438 e. The van der Waals surface area contributed by atoms with Crippen molar-refractivity contribution < 1.29 is 4.74 Å². The second-order valence-corrected chi connectivity index (χ2v) is 3.60. The molecule has 0 unspecified atom stereocenters. The highest BCUT2D eigenvalue weighted by atomic mass is 16.5. The highest BCUT2D eigenvalue weighted by Gasteiger charge is 2.04. The van der Waals surface area contributed by atoms with Crippen LogP contribution < -0.4 is 4.74 Å². The smallest absolute Gasteiger partial charge is 0.237 e. The molecule has 0 bridgehead atoms. The van der Waals surface area contributed by atoms with E-state index in [1.54, 1.807) is 10.6 Å². The van der Waals surface area contributed by atoms with Crippen molar-refractivity contribution in [3.63, 3.8) is 0 Å². The van der Waals surface area contributed by atoms with Crippen LogP contribution in [0.3, 0.4) is 0 Å². The maximum absolute atomic E-state index is 5.62. The molecular weight excluding hydrogens is 240 g/mol. The first-order valence-electron chi connectivity index (χ1n) is 6.25. The van der Waals surface area contributed by atoms with E-state index in [2.05, 4.69) is 15.3 Å². The van der Waals surface area contributed by atoms with Gasteiger partial charge in [-0.05, 0) is 25.1 Å². The van der Waals surface area contributed by atoms with Gasteiger partial charge in [-0.25, -0.2) is 0 Å². The van der Waals surface area contributed by atoms with Crippen molar-refractivity contribution in [1.29, 1.82) is 0 Å². The van der Waals surface area contributed by atoms with Crippen LogP contribution in [0, 0.1) is 6.92 Å². The second kappa shape index (κ2) is 5.95. The third-order valence-electron chi connectivity index (χ3n) is 2.36. The minimum absolute atomic E-state index is 0.520. The Hall–Kier alpha value is -2.43. The number of hydrogen-bond donors (Lipinski definition) is 0. The molecule has 0 radical (unpaired) electrons. The average molecular weight is 256 g/mol. The van der Waals surface area contributed by atoms with Gasteiger partial charge in [0.05, 0.1) is 0 Å². The van der Waals surface area contributed by atoms with Gasteiger partial charge < -0.3 is 4.74 Å². The molecular formula is C14H16N4O. The second-order valence-electron chi connectivity index (χ2n) is 3.60. The van der Waals surface area contributed by atoms with Crippen molar-refractivity contribution >= 4 is 5.65 Å². The third-order valence-corrected chi connectivity index (χ3v) is 2.36. The van der Waals surface area contributed by atoms with Crippen molar-refractivity contribution in [2.45, 2.75) is 20.8 Å². The summed E-state index contributed by atoms with van der Waals surface area (Å²) in [4.78, 5) is 0. The number of hydrogen-bond acceptors (Lipinski definition) is 4. The Balaban J connectivity index is 0.000000637. The predicted molar refractivity (Wildman–Crippen MR) is 73.4 cm³/mol. The first-order valence-corrected chi connectivity index (χ1v) is 6.25. The average Bonchev–Trinajstić information content (AvgIpc) is 2.84. The lowest BCUT2D eigenvalue weighted by molar-refractivity contribution is 0.451. The summed E-state index contributed by atoms with van der Waals surface area (Å²) in [6, 6.07) is 13.1. The molecule has 0 atom stereocenters. The summed E-state index contributed by atoms with van der Waals surface area (Å²) in [6.07, 6.45) is 0. The van der Waals surface area contributed by atoms with E-state index in [0.29, 0.717) is 11.5 Å². The van der Waals surface area contributed by atoms with Crippen LogP contribution >= 0.6 is 0 Å². The van der Waals surface area contributed by atoms with Crippen LogP contribution in [0.4, 0.5) is 0 Å². The fraction of sp³-hybridized carbons (Fsp3) is 0.214. The topological polar surface area (TPSA) is 52.3 Å². The highest BCUT2D eigenvalue weighted by Crippen LogP contribution is 2.18. The van der Waals surface area contributed by atoms with E-state index in [1.165, 1.54) is 0 Å². The molecule has 0 fully saturated rings. The molecule has 0 aliphatic heterocycles. The number of rotatable bonds is 2. The van der Waals surface area contributed by atoms with Crippen LogP contribution in [0.1, 0.15) is 19.7 Å². The van der Waals surface area contributed by atoms with Crippen LogP contribution in [0.2, 0.25) is 0 Å². The van der Waals surface area contributed by atoms with Crippen molar-refractivity contribution in [2.75, 3.05) is 0 Å². The molecule has 1 aromatic carbocycles. The standard InChI is InChI=1S/C12H10N4O.C2H6/c1-9-13-14-11-7-8-12(15-16(9)11)17-10-5-3-2-4-6-10;1-2/h2-8H,1H3;1-2H3. The van der Waals surface area contributed by atoms with E-state index in [0.717, 1.165) is 11.6 Å². The van der Waals surface area contributed by atoms with Gasteiger partial charge in [0.2, 0.25) is 5.88 Å². The van der Waals surface area contributed by atoms with Gasteiger partial charge >= 0.3 is 0 Å². The van der Waals surface area contributed by atoms with Crippen molar-refractivity contribution in [2.24, 2.45) is 0 Å². The zero-order valence-corrected chi connectivity index (χ0v) is 11.2. The Morgan fingerprint density at radius 1 is 0.947 bits per heavy atom. The maximum Gasteiger partial charge on any atom is 0.237 e. The molecule has 0 aliphatic carbocycles. The summed E-state index contributed by atoms with van der Waals surface area (Å²) in [7, 11) is 0. The largest absolute Gasteiger partial charge is 0.438 e. The molecule has 0 saturated carbocycles. The van der Waals surface area contributed by atoms with Crippen LogP contribution in [0.15, 0.2) is 42.5 Å². The van der Waals surface area contributed by atoms with Crippen LogP contribution in [0.25, 0.3) is 5.65 Å². The lowest BCUT2D eigenvalue weighted by Gasteiger charge is -2.04. The minimum atomic E-state index is 0.520. The van der Waals surface area contributed by atoms with E-state index in [-0.39, 0.29) is 0 Å². The number of aromatic nitrogens is 4. The quantitative estimate of drug-likeness (QED) is 0.706. The number of benzene rings is 1. The van der Waals surface area contributed by atoms with Crippen LogP contribution in [-0.2, 0) is 0 Å². The lowest BCUT2D eigenvalue weighted by atomic mass is 10.3. The fourth-order valence-corrected chi connectivity index (χ4v) is 1.54. The molecule has 0 aliphatic rings. The molecule has 2 heterocycles. The highest BCUT2D eigenvalue weighted by molar-refractivity contribution is 5.38. The van der Waals surface area contributed by atoms with Crippen molar-refractivity contribution in [3.05, 3.63) is 48.3 Å². The Morgan fingerprint density at radius 2 is 1.68 bits per heavy atom. The van der Waals surface area contributed by atoms with Gasteiger partial charge in [0.1, 0.15) is 5.75 Å². The van der Waals surface area contributed by atoms with E-state index in [4.69, 9.17) is 4.74 Å². The van der Waals surface area contributed by atoms with Crippen molar-refractivity contribution in [1.82, 2.24) is 19.8 Å². The molecule has 98 valence electrons. The normalized spacial score (nSPS) is 9.84. The number of para-hydroxylation sites is 1. The molecule has 0 saturated heterocycles. The molecule has 5 heteroatoms. The predicted octanol–water partition coefficient (Wildman–Crippen LogP) is 3.25. The van der Waals surface area contributed by atoms with Gasteiger partial charge in [0.15, 0.2) is 11.5 Å². The van der Waals surface area contributed by atoms with Crippen LogP contribution in [0.5, 0.6) is 11.6 Å². The van der Waals surface area contributed by atoms with Gasteiger partial charge in [0.25, 0.3) is 0 Å². The van der Waals surface area contributed by atoms with Gasteiger partial charge in [-0.1, -0.05) is 32.0 Å². The Labute approximate surface area is 111 Å². The molecule has 0 spiro atoms. The molecule has 19 heavy (non-hydrogen) atoms. The summed E-state index contributed by atoms with van der Waals surface area (Å²) in [5.41, 5.74) is 0.711. The lowest BCUT2D eigenvalue weighted by Crippen LogP contribution is -1.97. The molecule has 5 nitrogen and oxygen atoms in total. The number of ether oxygens (including phenoxy) is 1. The number of fused-ring (bicyclic) bond motifs is 1. The van der Waals surface area contributed by atoms with Gasteiger partial charge in [-0.2, -0.15) is 4.52 Å². The summed E-state index contributed by atoms with van der Waals surface area (Å²) in [6.45, 7) is 5.85. The SMILES string of the molecule is CC.Cc1nnc2ccc(Oc3ccccc3)nn12. The van der Waals surface area contributed by atoms with E-state index in [9.17, 15) is 0 Å². The first-order chi connectivity index (χ1) is 9.33. The summed E-state index contributed by atoms with van der Waals surface area (Å²) < 4.78 is 7.27. The molecule has 0 N–H and O–H groups in total. The molecule has 3 aromatic rings. The third kappa shape index (κ3) is 2.88.